The van der Waals surface area contributed by atoms with Crippen molar-refractivity contribution in [2.75, 3.05) is 16.6 Å². The predicted octanol–water partition coefficient (Wildman–Crippen LogP) is 4.07. The van der Waals surface area contributed by atoms with Crippen LogP contribution in [0.5, 0.6) is 5.75 Å². The zero-order valence-electron chi connectivity index (χ0n) is 19.0. The SMILES string of the molecule is Cc1nn(-c2ccc(Nc3ccc(NS(=O)(=O)c4ccc5c(c4)CCO5)cc3)nn2)c(C)c1C. The van der Waals surface area contributed by atoms with E-state index in [2.05, 4.69) is 25.3 Å². The van der Waals surface area contributed by atoms with E-state index in [1.807, 2.05) is 32.9 Å². The molecule has 5 rings (SSSR count). The summed E-state index contributed by atoms with van der Waals surface area (Å²) in [6.45, 7) is 6.57. The average molecular weight is 477 g/mol. The highest BCUT2D eigenvalue weighted by Crippen LogP contribution is 2.28. The molecule has 0 fully saturated rings. The van der Waals surface area contributed by atoms with Crippen LogP contribution in [-0.2, 0) is 16.4 Å². The molecule has 34 heavy (non-hydrogen) atoms. The first kappa shape index (κ1) is 21.9. The molecule has 174 valence electrons. The lowest BCUT2D eigenvalue weighted by molar-refractivity contribution is 0.356. The number of nitrogens with zero attached hydrogens (tertiary/aromatic N) is 4. The minimum Gasteiger partial charge on any atom is -0.493 e. The molecule has 0 radical (unpaired) electrons. The molecule has 2 aromatic carbocycles. The molecule has 2 aromatic heterocycles. The Labute approximate surface area is 197 Å². The van der Waals surface area contributed by atoms with E-state index in [1.165, 1.54) is 0 Å². The third-order valence-corrected chi connectivity index (χ3v) is 7.28. The van der Waals surface area contributed by atoms with Gasteiger partial charge in [0, 0.05) is 23.5 Å². The highest BCUT2D eigenvalue weighted by Gasteiger charge is 2.19. The molecule has 1 aliphatic rings. The second-order valence-electron chi connectivity index (χ2n) is 8.16. The molecular formula is C24H24N6O3S. The minimum absolute atomic E-state index is 0.215. The number of anilines is 3. The van der Waals surface area contributed by atoms with Crippen molar-refractivity contribution >= 4 is 27.2 Å². The predicted molar refractivity (Wildman–Crippen MR) is 130 cm³/mol. The fraction of sp³-hybridized carbons (Fsp3) is 0.208. The van der Waals surface area contributed by atoms with Gasteiger partial charge in [-0.25, -0.2) is 13.1 Å². The second kappa shape index (κ2) is 8.45. The van der Waals surface area contributed by atoms with Gasteiger partial charge >= 0.3 is 0 Å². The lowest BCUT2D eigenvalue weighted by atomic mass is 10.2. The Hall–Kier alpha value is -3.92. The lowest BCUT2D eigenvalue weighted by Crippen LogP contribution is -2.13. The van der Waals surface area contributed by atoms with E-state index in [-0.39, 0.29) is 4.90 Å². The van der Waals surface area contributed by atoms with Crippen molar-refractivity contribution in [2.24, 2.45) is 0 Å². The average Bonchev–Trinajstić information content (AvgIpc) is 3.40. The Morgan fingerprint density at radius 1 is 0.941 bits per heavy atom. The molecule has 0 spiro atoms. The van der Waals surface area contributed by atoms with E-state index >= 15 is 0 Å². The van der Waals surface area contributed by atoms with Crippen molar-refractivity contribution in [2.45, 2.75) is 32.1 Å². The van der Waals surface area contributed by atoms with Crippen LogP contribution in [0, 0.1) is 20.8 Å². The summed E-state index contributed by atoms with van der Waals surface area (Å²) in [5.74, 6) is 1.95. The summed E-state index contributed by atoms with van der Waals surface area (Å²) in [6, 6.07) is 15.5. The maximum atomic E-state index is 12.8. The number of fused-ring (bicyclic) bond motifs is 1. The molecule has 3 heterocycles. The van der Waals surface area contributed by atoms with E-state index < -0.39 is 10.0 Å². The van der Waals surface area contributed by atoms with Crippen molar-refractivity contribution < 1.29 is 13.2 Å². The van der Waals surface area contributed by atoms with Crippen LogP contribution in [0.15, 0.2) is 59.5 Å². The smallest absolute Gasteiger partial charge is 0.261 e. The molecule has 0 amide bonds. The molecule has 0 bridgehead atoms. The maximum Gasteiger partial charge on any atom is 0.261 e. The number of rotatable bonds is 6. The molecule has 0 atom stereocenters. The van der Waals surface area contributed by atoms with Crippen LogP contribution in [0.2, 0.25) is 0 Å². The van der Waals surface area contributed by atoms with Gasteiger partial charge < -0.3 is 10.1 Å². The number of aromatic nitrogens is 4. The summed E-state index contributed by atoms with van der Waals surface area (Å²) in [5.41, 5.74) is 5.24. The Morgan fingerprint density at radius 2 is 1.71 bits per heavy atom. The minimum atomic E-state index is -3.70. The van der Waals surface area contributed by atoms with Crippen LogP contribution in [0.4, 0.5) is 17.2 Å². The molecule has 0 saturated carbocycles. The Morgan fingerprint density at radius 3 is 2.38 bits per heavy atom. The van der Waals surface area contributed by atoms with Gasteiger partial charge in [-0.15, -0.1) is 10.2 Å². The molecule has 0 unspecified atom stereocenters. The normalized spacial score (nSPS) is 12.8. The Kier molecular flexibility index (Phi) is 5.45. The largest absolute Gasteiger partial charge is 0.493 e. The van der Waals surface area contributed by atoms with Gasteiger partial charge in [0.05, 0.1) is 17.2 Å². The quantitative estimate of drug-likeness (QED) is 0.432. The highest BCUT2D eigenvalue weighted by molar-refractivity contribution is 7.92. The monoisotopic (exact) mass is 476 g/mol. The van der Waals surface area contributed by atoms with Crippen LogP contribution in [-0.4, -0.2) is 35.0 Å². The third kappa shape index (κ3) is 4.19. The van der Waals surface area contributed by atoms with Gasteiger partial charge in [-0.3, -0.25) is 4.72 Å². The topological polar surface area (TPSA) is 111 Å². The summed E-state index contributed by atoms with van der Waals surface area (Å²) in [4.78, 5) is 0.215. The number of ether oxygens (including phenoxy) is 1. The standard InChI is InChI=1S/C24H24N6O3S/c1-15-16(2)28-30(17(15)3)24-11-10-23(26-27-24)25-19-4-6-20(7-5-19)29-34(31,32)21-8-9-22-18(14-21)12-13-33-22/h4-11,14,29H,12-13H2,1-3H3,(H,25,26). The van der Waals surface area contributed by atoms with E-state index in [0.29, 0.717) is 30.4 Å². The van der Waals surface area contributed by atoms with E-state index in [9.17, 15) is 8.42 Å². The summed E-state index contributed by atoms with van der Waals surface area (Å²) < 4.78 is 35.4. The second-order valence-corrected chi connectivity index (χ2v) is 9.84. The fourth-order valence-corrected chi connectivity index (χ4v) is 4.87. The molecule has 0 saturated heterocycles. The number of hydrogen-bond acceptors (Lipinski definition) is 7. The summed E-state index contributed by atoms with van der Waals surface area (Å²) >= 11 is 0. The van der Waals surface area contributed by atoms with E-state index in [4.69, 9.17) is 4.74 Å². The number of hydrogen-bond donors (Lipinski definition) is 2. The molecule has 10 heteroatoms. The Balaban J connectivity index is 1.27. The van der Waals surface area contributed by atoms with Crippen LogP contribution in [0.25, 0.3) is 5.82 Å². The fourth-order valence-electron chi connectivity index (χ4n) is 3.76. The van der Waals surface area contributed by atoms with Crippen molar-refractivity contribution in [3.05, 3.63) is 77.1 Å². The number of nitrogens with one attached hydrogen (secondary N) is 2. The van der Waals surface area contributed by atoms with Crippen molar-refractivity contribution in [3.63, 3.8) is 0 Å². The van der Waals surface area contributed by atoms with Gasteiger partial charge in [-0.1, -0.05) is 0 Å². The molecule has 1 aliphatic heterocycles. The highest BCUT2D eigenvalue weighted by atomic mass is 32.2. The number of sulfonamides is 1. The zero-order chi connectivity index (χ0) is 23.9. The van der Waals surface area contributed by atoms with Gasteiger partial charge in [0.25, 0.3) is 10.0 Å². The van der Waals surface area contributed by atoms with Gasteiger partial charge in [0.2, 0.25) is 0 Å². The molecule has 4 aromatic rings. The van der Waals surface area contributed by atoms with Crippen LogP contribution >= 0.6 is 0 Å². The van der Waals surface area contributed by atoms with Gasteiger partial charge in [0.15, 0.2) is 11.6 Å². The van der Waals surface area contributed by atoms with E-state index in [1.54, 1.807) is 47.1 Å². The van der Waals surface area contributed by atoms with Crippen LogP contribution in [0.1, 0.15) is 22.5 Å². The van der Waals surface area contributed by atoms with E-state index in [0.717, 1.165) is 34.0 Å². The summed E-state index contributed by atoms with van der Waals surface area (Å²) in [5, 5.41) is 16.2. The van der Waals surface area contributed by atoms with Gasteiger partial charge in [-0.05, 0) is 86.5 Å². The first-order chi connectivity index (χ1) is 16.3. The lowest BCUT2D eigenvalue weighted by Gasteiger charge is -2.11. The van der Waals surface area contributed by atoms with Crippen molar-refractivity contribution in [1.82, 2.24) is 20.0 Å². The molecular weight excluding hydrogens is 452 g/mol. The molecule has 2 N–H and O–H groups in total. The van der Waals surface area contributed by atoms with Gasteiger partial charge in [-0.2, -0.15) is 5.10 Å². The maximum absolute atomic E-state index is 12.8. The third-order valence-electron chi connectivity index (χ3n) is 5.90. The summed E-state index contributed by atoms with van der Waals surface area (Å²) in [7, 11) is -3.70. The van der Waals surface area contributed by atoms with Gasteiger partial charge in [0.1, 0.15) is 5.75 Å². The van der Waals surface area contributed by atoms with Crippen molar-refractivity contribution in [3.8, 4) is 11.6 Å². The first-order valence-electron chi connectivity index (χ1n) is 10.8. The zero-order valence-corrected chi connectivity index (χ0v) is 19.8. The number of benzene rings is 2. The summed E-state index contributed by atoms with van der Waals surface area (Å²) in [6.07, 6.45) is 0.712. The van der Waals surface area contributed by atoms with Crippen molar-refractivity contribution in [1.29, 1.82) is 0 Å². The first-order valence-corrected chi connectivity index (χ1v) is 12.3. The number of aryl methyl sites for hydroxylation is 1. The van der Waals surface area contributed by atoms with Crippen LogP contribution < -0.4 is 14.8 Å². The van der Waals surface area contributed by atoms with Crippen LogP contribution in [0.3, 0.4) is 0 Å². The molecule has 9 nitrogen and oxygen atoms in total. The Bertz CT molecular complexity index is 1460. The molecule has 0 aliphatic carbocycles.